The maximum absolute atomic E-state index is 13.6. The molecule has 59 heavy (non-hydrogen) atoms. The molecule has 0 saturated carbocycles. The van der Waals surface area contributed by atoms with Gasteiger partial charge < -0.3 is 83.5 Å². The van der Waals surface area contributed by atoms with Gasteiger partial charge in [0.15, 0.2) is 35.2 Å². The Labute approximate surface area is 334 Å². The molecule has 0 amide bonds. The number of esters is 4. The van der Waals surface area contributed by atoms with Crippen LogP contribution < -0.4 is 4.74 Å². The molecule has 21 heteroatoms. The molecular weight excluding hydrogens is 792 g/mol. The Bertz CT molecular complexity index is 1930. The summed E-state index contributed by atoms with van der Waals surface area (Å²) in [6, 6.07) is 6.91. The van der Waals surface area contributed by atoms with E-state index >= 15 is 0 Å². The van der Waals surface area contributed by atoms with Crippen molar-refractivity contribution in [2.24, 2.45) is 11.8 Å². The average molecular weight is 835 g/mol. The van der Waals surface area contributed by atoms with Crippen LogP contribution >= 0.6 is 0 Å². The van der Waals surface area contributed by atoms with Crippen molar-refractivity contribution in [3.05, 3.63) is 72.0 Å². The number of fused-ring (bicyclic) bond motifs is 1. The van der Waals surface area contributed by atoms with Crippen LogP contribution in [-0.4, -0.2) is 152 Å². The highest BCUT2D eigenvalue weighted by molar-refractivity contribution is 5.94. The monoisotopic (exact) mass is 834 g/mol. The van der Waals surface area contributed by atoms with E-state index in [2.05, 4.69) is 6.58 Å². The van der Waals surface area contributed by atoms with E-state index in [9.17, 15) is 60.0 Å². The van der Waals surface area contributed by atoms with E-state index in [4.69, 9.17) is 42.6 Å². The van der Waals surface area contributed by atoms with Crippen LogP contribution in [0.15, 0.2) is 60.9 Å². The van der Waals surface area contributed by atoms with Crippen LogP contribution in [0.3, 0.4) is 0 Å². The second kappa shape index (κ2) is 18.2. The van der Waals surface area contributed by atoms with Crippen LogP contribution in [0.2, 0.25) is 0 Å². The van der Waals surface area contributed by atoms with E-state index in [0.29, 0.717) is 6.42 Å². The van der Waals surface area contributed by atoms with Gasteiger partial charge in [-0.05, 0) is 30.7 Å². The molecule has 3 saturated heterocycles. The zero-order valence-electron chi connectivity index (χ0n) is 31.0. The van der Waals surface area contributed by atoms with E-state index < -0.39 is 151 Å². The number of ether oxygens (including phenoxy) is 9. The summed E-state index contributed by atoms with van der Waals surface area (Å²) in [6.45, 7) is 3.24. The normalized spacial score (nSPS) is 32.9. The smallest absolute Gasteiger partial charge is 0.342 e. The maximum Gasteiger partial charge on any atom is 0.342 e. The lowest BCUT2D eigenvalue weighted by molar-refractivity contribution is -0.339. The summed E-state index contributed by atoms with van der Waals surface area (Å²) in [7, 11) is 0. The van der Waals surface area contributed by atoms with Crippen molar-refractivity contribution in [1.82, 2.24) is 0 Å². The third kappa shape index (κ3) is 8.91. The molecule has 2 aromatic carbocycles. The molecule has 3 fully saturated rings. The summed E-state index contributed by atoms with van der Waals surface area (Å²) in [6.07, 6.45) is -16.2. The Morgan fingerprint density at radius 1 is 0.831 bits per heavy atom. The Morgan fingerprint density at radius 2 is 1.53 bits per heavy atom. The number of aliphatic hydroxyl groups is 5. The highest BCUT2D eigenvalue weighted by atomic mass is 16.8. The van der Waals surface area contributed by atoms with Crippen LogP contribution in [0.25, 0.3) is 0 Å². The third-order valence-corrected chi connectivity index (χ3v) is 10.0. The Balaban J connectivity index is 1.27. The van der Waals surface area contributed by atoms with Crippen LogP contribution in [0.1, 0.15) is 34.1 Å². The Hall–Kier alpha value is -5.52. The van der Waals surface area contributed by atoms with Gasteiger partial charge >= 0.3 is 23.9 Å². The number of para-hydroxylation sites is 2. The molecule has 4 aliphatic rings. The molecule has 2 aromatic rings. The van der Waals surface area contributed by atoms with Crippen LogP contribution in [0.4, 0.5) is 0 Å². The molecule has 13 unspecified atom stereocenters. The first-order valence-corrected chi connectivity index (χ1v) is 18.1. The highest BCUT2D eigenvalue weighted by Gasteiger charge is 2.53. The van der Waals surface area contributed by atoms with E-state index in [-0.39, 0.29) is 12.2 Å². The number of aliphatic hydroxyl groups excluding tert-OH is 5. The van der Waals surface area contributed by atoms with E-state index in [0.717, 1.165) is 37.5 Å². The van der Waals surface area contributed by atoms with E-state index in [1.54, 1.807) is 0 Å². The Morgan fingerprint density at radius 3 is 2.22 bits per heavy atom. The van der Waals surface area contributed by atoms with Gasteiger partial charge in [0.2, 0.25) is 18.9 Å². The first-order chi connectivity index (χ1) is 28.1. The lowest BCUT2D eigenvalue weighted by atomic mass is 9.81. The molecule has 13 atom stereocenters. The number of hydrogen-bond donors (Lipinski definition) is 8. The standard InChI is InChI=1S/C38H42O21/c1-3-16-17-10-11-51-34(49)20(17)13-53-36(16)59-38-32(57-35(50)18-6-4-8-21(41)25(18)43)31(54-15(2)40)27(45)24(56-38)14-52-33(48)19-7-5-9-22(42)30(19)58-37-29(47)28(46)26(44)23(12-39)55-37/h3-9,13,16-17,23-24,26-29,31-32,36-39,41-47H,1,10-12,14H2,2H3. The van der Waals surface area contributed by atoms with Gasteiger partial charge in [-0.3, -0.25) is 4.79 Å². The van der Waals surface area contributed by atoms with Crippen molar-refractivity contribution in [3.63, 3.8) is 0 Å². The number of benzene rings is 2. The van der Waals surface area contributed by atoms with Crippen LogP contribution in [-0.2, 0) is 47.5 Å². The van der Waals surface area contributed by atoms with Gasteiger partial charge in [-0.25, -0.2) is 14.4 Å². The second-order valence-electron chi connectivity index (χ2n) is 13.8. The van der Waals surface area contributed by atoms with Crippen molar-refractivity contribution in [1.29, 1.82) is 0 Å². The summed E-state index contributed by atoms with van der Waals surface area (Å²) in [5, 5.41) is 82.9. The molecule has 0 aliphatic carbocycles. The SMILES string of the molecule is C=CC1C(OC2OC(COC(=O)c3cccc(O)c3OC3OC(CO)C(O)C(O)C3O)C(O)C(OC(C)=O)C2OC(=O)c2cccc(O)c2O)OC=C2C(=O)OCCC21. The van der Waals surface area contributed by atoms with Crippen molar-refractivity contribution in [2.75, 3.05) is 19.8 Å². The summed E-state index contributed by atoms with van der Waals surface area (Å²) < 4.78 is 50.4. The second-order valence-corrected chi connectivity index (χ2v) is 13.8. The summed E-state index contributed by atoms with van der Waals surface area (Å²) >= 11 is 0. The van der Waals surface area contributed by atoms with Gasteiger partial charge in [-0.1, -0.05) is 18.2 Å². The molecule has 4 aliphatic heterocycles. The lowest BCUT2D eigenvalue weighted by Crippen LogP contribution is -2.62. The average Bonchev–Trinajstić information content (AvgIpc) is 3.21. The molecule has 21 nitrogen and oxygen atoms in total. The number of rotatable bonds is 12. The molecule has 0 aromatic heterocycles. The first kappa shape index (κ1) is 43.1. The minimum absolute atomic E-state index is 0.0775. The van der Waals surface area contributed by atoms with Gasteiger partial charge in [0.05, 0.1) is 25.0 Å². The van der Waals surface area contributed by atoms with Gasteiger partial charge in [0.1, 0.15) is 54.4 Å². The van der Waals surface area contributed by atoms with Gasteiger partial charge in [0.25, 0.3) is 0 Å². The minimum atomic E-state index is -1.95. The zero-order chi connectivity index (χ0) is 42.7. The van der Waals surface area contributed by atoms with Crippen LogP contribution in [0.5, 0.6) is 23.0 Å². The fourth-order valence-electron chi connectivity index (χ4n) is 6.95. The zero-order valence-corrected chi connectivity index (χ0v) is 31.0. The largest absolute Gasteiger partial charge is 0.504 e. The molecule has 4 heterocycles. The van der Waals surface area contributed by atoms with Gasteiger partial charge in [-0.2, -0.15) is 0 Å². The number of hydrogen-bond acceptors (Lipinski definition) is 21. The summed E-state index contributed by atoms with van der Waals surface area (Å²) in [5.41, 5.74) is -0.810. The lowest BCUT2D eigenvalue weighted by Gasteiger charge is -2.45. The fraction of sp³-hybridized carbons (Fsp3) is 0.474. The number of phenolic OH excluding ortho intramolecular Hbond substituents is 3. The fourth-order valence-corrected chi connectivity index (χ4v) is 6.95. The number of carbonyl (C=O) groups is 4. The van der Waals surface area contributed by atoms with E-state index in [1.165, 1.54) is 18.2 Å². The van der Waals surface area contributed by atoms with Crippen molar-refractivity contribution in [2.45, 2.75) is 81.0 Å². The predicted molar refractivity (Wildman–Crippen MR) is 189 cm³/mol. The van der Waals surface area contributed by atoms with Gasteiger partial charge in [0, 0.05) is 18.8 Å². The first-order valence-electron chi connectivity index (χ1n) is 18.1. The van der Waals surface area contributed by atoms with Gasteiger partial charge in [-0.15, -0.1) is 6.58 Å². The van der Waals surface area contributed by atoms with Crippen molar-refractivity contribution < 1.29 is 103 Å². The number of cyclic esters (lactones) is 1. The summed E-state index contributed by atoms with van der Waals surface area (Å²) in [5.74, 6) is -8.16. The molecule has 8 N–H and O–H groups in total. The van der Waals surface area contributed by atoms with E-state index in [1.807, 2.05) is 0 Å². The quantitative estimate of drug-likeness (QED) is 0.0550. The minimum Gasteiger partial charge on any atom is -0.504 e. The predicted octanol–water partition coefficient (Wildman–Crippen LogP) is -0.996. The molecule has 0 spiro atoms. The third-order valence-electron chi connectivity index (χ3n) is 10.0. The summed E-state index contributed by atoms with van der Waals surface area (Å²) in [4.78, 5) is 51.9. The van der Waals surface area contributed by atoms with Crippen molar-refractivity contribution in [3.8, 4) is 23.0 Å². The van der Waals surface area contributed by atoms with Crippen molar-refractivity contribution >= 4 is 23.9 Å². The number of carbonyl (C=O) groups excluding carboxylic acids is 4. The topological polar surface area (TPSA) is 313 Å². The maximum atomic E-state index is 13.6. The highest BCUT2D eigenvalue weighted by Crippen LogP contribution is 2.40. The molecule has 0 bridgehead atoms. The Kier molecular flexibility index (Phi) is 13.3. The number of aromatic hydroxyl groups is 3. The molecular formula is C38H42O21. The molecule has 320 valence electrons. The molecule has 6 rings (SSSR count). The number of phenols is 3. The van der Waals surface area contributed by atoms with Crippen LogP contribution in [0, 0.1) is 11.8 Å². The molecule has 0 radical (unpaired) electrons.